The zero-order chi connectivity index (χ0) is 90.7. The number of nitrogens with zero attached hydrogens (tertiary/aromatic N) is 14. The number of rotatable bonds is 6. The molecule has 4 atom stereocenters. The van der Waals surface area contributed by atoms with Crippen LogP contribution in [0.5, 0.6) is 92.5 Å². The van der Waals surface area contributed by atoms with Crippen molar-refractivity contribution in [2.45, 2.75) is 22.7 Å². The van der Waals surface area contributed by atoms with Gasteiger partial charge < -0.3 is 42.3 Å². The van der Waals surface area contributed by atoms with E-state index in [0.29, 0.717) is 17.5 Å². The van der Waals surface area contributed by atoms with Crippen LogP contribution in [0.2, 0.25) is 0 Å². The molecule has 0 aliphatic carbocycles. The van der Waals surface area contributed by atoms with E-state index in [-0.39, 0.29) is 0 Å². The van der Waals surface area contributed by atoms with Gasteiger partial charge in [-0.1, -0.05) is 182 Å². The number of pyridine rings is 4. The van der Waals surface area contributed by atoms with Crippen molar-refractivity contribution in [1.82, 2.24) is 28.9 Å². The van der Waals surface area contributed by atoms with Crippen molar-refractivity contribution < 1.29 is 79.3 Å². The van der Waals surface area contributed by atoms with E-state index in [1.54, 1.807) is 0 Å². The van der Waals surface area contributed by atoms with E-state index < -0.39 is 22.7 Å². The first-order valence-corrected chi connectivity index (χ1v) is 46.2. The van der Waals surface area contributed by atoms with Crippen molar-refractivity contribution in [2.24, 2.45) is 0 Å². The second kappa shape index (κ2) is 27.8. The van der Waals surface area contributed by atoms with Crippen molar-refractivity contribution in [1.29, 1.82) is 0 Å². The normalized spacial score (nSPS) is 17.5. The van der Waals surface area contributed by atoms with Crippen LogP contribution in [0.1, 0.15) is 44.5 Å². The Labute approximate surface area is 791 Å². The molecule has 22 aromatic rings. The molecule has 652 valence electrons. The molecule has 0 saturated heterocycles. The first-order valence-electron chi connectivity index (χ1n) is 46.2. The summed E-state index contributed by atoms with van der Waals surface area (Å²) in [7, 11) is 0. The smallest absolute Gasteiger partial charge is 0.452 e. The number of aromatic nitrogens is 14. The van der Waals surface area contributed by atoms with E-state index in [4.69, 9.17) is 42.3 Å². The second-order valence-corrected chi connectivity index (χ2v) is 35.7. The predicted molar refractivity (Wildman–Crippen MR) is 504 cm³/mol. The minimum absolute atomic E-state index is 0.401. The van der Waals surface area contributed by atoms with Gasteiger partial charge in [-0.25, -0.2) is 0 Å². The Kier molecular flexibility index (Phi) is 15.1. The van der Waals surface area contributed by atoms with Crippen LogP contribution in [0.25, 0.3) is 90.3 Å². The fourth-order valence-electron chi connectivity index (χ4n) is 23.5. The van der Waals surface area contributed by atoms with Crippen molar-refractivity contribution in [2.75, 3.05) is 0 Å². The lowest BCUT2D eigenvalue weighted by atomic mass is 9.83. The summed E-state index contributed by atoms with van der Waals surface area (Å²) >= 11 is 0. The van der Waals surface area contributed by atoms with E-state index in [1.807, 2.05) is 188 Å². The third kappa shape index (κ3) is 9.80. The number of ether oxygens (including phenoxy) is 8. The molecule has 13 aromatic carbocycles. The maximum absolute atomic E-state index is 6.69. The van der Waals surface area contributed by atoms with Gasteiger partial charge in [-0.15, -0.1) is 28.9 Å². The van der Waals surface area contributed by atoms with Crippen molar-refractivity contribution in [3.63, 3.8) is 0 Å². The molecule has 0 N–H and O–H groups in total. The highest BCUT2D eigenvalue weighted by atomic mass is 16.5. The molecule has 21 heterocycles. The first kappa shape index (κ1) is 75.4. The van der Waals surface area contributed by atoms with Crippen LogP contribution in [0.15, 0.2) is 443 Å². The average molecular weight is 1810 g/mol. The number of fused-ring (bicyclic) bond motifs is 12. The fourth-order valence-corrected chi connectivity index (χ4v) is 23.5. The lowest BCUT2D eigenvalue weighted by molar-refractivity contribution is -0.997. The highest BCUT2D eigenvalue weighted by Crippen LogP contribution is 2.63. The van der Waals surface area contributed by atoms with Gasteiger partial charge in [0.05, 0.1) is 48.4 Å². The summed E-state index contributed by atoms with van der Waals surface area (Å²) in [6, 6.07) is 126. The molecule has 0 bridgehead atoms. The van der Waals surface area contributed by atoms with E-state index in [9.17, 15) is 0 Å². The van der Waals surface area contributed by atoms with Gasteiger partial charge in [0.2, 0.25) is 30.7 Å². The molecule has 34 rings (SSSR count). The second-order valence-electron chi connectivity index (χ2n) is 35.7. The van der Waals surface area contributed by atoms with E-state index in [2.05, 4.69) is 316 Å². The molecule has 0 saturated carbocycles. The van der Waals surface area contributed by atoms with Crippen LogP contribution in [-0.2, 0) is 22.7 Å². The zero-order valence-electron chi connectivity index (χ0n) is 73.5. The highest BCUT2D eigenvalue weighted by Gasteiger charge is 2.76. The molecule has 0 radical (unpaired) electrons. The van der Waals surface area contributed by atoms with Crippen molar-refractivity contribution in [3.05, 3.63) is 483 Å². The van der Waals surface area contributed by atoms with Crippen LogP contribution in [0.4, 0.5) is 0 Å². The quantitative estimate of drug-likeness (QED) is 0.146. The summed E-state index contributed by atoms with van der Waals surface area (Å²) in [6.07, 6.45) is 23.2. The monoisotopic (exact) mass is 1800 g/mol. The van der Waals surface area contributed by atoms with Crippen LogP contribution in [0, 0.1) is 0 Å². The van der Waals surface area contributed by atoms with E-state index >= 15 is 0 Å². The van der Waals surface area contributed by atoms with Crippen molar-refractivity contribution in [3.8, 4) is 183 Å². The molecule has 0 fully saturated rings. The Hall–Kier alpha value is -19.2. The molecule has 139 heavy (non-hydrogen) atoms. The summed E-state index contributed by atoms with van der Waals surface area (Å²) in [5.41, 5.74) is 20.8. The Bertz CT molecular complexity index is 9080. The fraction of sp³-hybridized carbons (Fsp3) is 0.0345. The van der Waals surface area contributed by atoms with Crippen LogP contribution in [0.3, 0.4) is 0 Å². The first-order chi connectivity index (χ1) is 68.9. The van der Waals surface area contributed by atoms with Crippen LogP contribution < -0.4 is 74.9 Å². The van der Waals surface area contributed by atoms with Gasteiger partial charge in [-0.05, 0) is 180 Å². The van der Waals surface area contributed by atoms with Crippen molar-refractivity contribution >= 4 is 0 Å². The molecule has 23 heteroatoms. The number of hydrogen-bond donors (Lipinski definition) is 0. The summed E-state index contributed by atoms with van der Waals surface area (Å²) in [5.74, 6) is 13.6. The van der Waals surface area contributed by atoms with Gasteiger partial charge in [0.25, 0.3) is 5.89 Å². The molecule has 4 spiro atoms. The topological polar surface area (TPSA) is 164 Å². The Balaban J connectivity index is 0.0000000859. The summed E-state index contributed by atoms with van der Waals surface area (Å²) in [4.78, 5) is 0. The molecule has 12 aliphatic heterocycles. The zero-order valence-corrected chi connectivity index (χ0v) is 73.5. The summed E-state index contributed by atoms with van der Waals surface area (Å²) < 4.78 is 85.0. The maximum Gasteiger partial charge on any atom is 0.452 e. The van der Waals surface area contributed by atoms with Gasteiger partial charge in [0, 0.05) is 65.2 Å². The predicted octanol–water partition coefficient (Wildman–Crippen LogP) is 19.9. The molecular weight excluding hydrogens is 1730 g/mol. The number of benzene rings is 13. The molecule has 23 nitrogen and oxygen atoms in total. The lowest BCUT2D eigenvalue weighted by Crippen LogP contribution is -2.75. The minimum Gasteiger partial charge on any atom is -0.455 e. The summed E-state index contributed by atoms with van der Waals surface area (Å²) in [5, 5.41) is 8.75. The van der Waals surface area contributed by atoms with Gasteiger partial charge in [0.15, 0.2) is 104 Å². The van der Waals surface area contributed by atoms with E-state index in [0.717, 1.165) is 199 Å². The number of hydrogen-bond acceptors (Lipinski definition) is 11. The average Bonchev–Trinajstić information content (AvgIpc) is 1.55. The Morgan fingerprint density at radius 2 is 0.568 bits per heavy atom. The van der Waals surface area contributed by atoms with Crippen LogP contribution >= 0.6 is 0 Å². The third-order valence-electron chi connectivity index (χ3n) is 28.8. The molecule has 12 aliphatic rings. The summed E-state index contributed by atoms with van der Waals surface area (Å²) in [6.45, 7) is 0. The van der Waals surface area contributed by atoms with Gasteiger partial charge in [-0.3, -0.25) is 0 Å². The standard InChI is InChI=1S/C33H21N3O2.C29H17N5O3.2C27H17N3O2/c1-2-8-22(9-3-1)23-15-17-24(18-16-23)25-19-21-35-33-31-26(36(25)35)10-6-11-27(31)37-28-12-7-13-29(32(28)33)38-30-14-4-5-20-34(30)33;1-2-8-18(9-3-1)27-30-31-28(37-27)19-13-14-20-24-26(19)36-22-11-6-10-21-25(22)29(24,34-17-7-16-33(20)34)32-15-5-4-12-23(32)35-21;1-2-8-18(9-3-1)19-13-14-20-24-26(19)32-22-11-6-10-21-25(22)27(24,30-17-7-16-29(20)30)28-15-5-4-12-23(28)31-21;1-2-8-18(9-3-1)19-16-20-25-23(17-19)31-21-10-6-11-22-26(21)27(25,30-15-7-14-29(20)30)28-13-5-4-12-24(28)32-22/h1-21H;1-17H;2*1-17H/q4*+2. The van der Waals surface area contributed by atoms with E-state index in [1.165, 1.54) is 11.1 Å². The molecule has 0 amide bonds. The maximum atomic E-state index is 6.69. The minimum atomic E-state index is -0.758. The molecule has 9 aromatic heterocycles. The molecule has 4 unspecified atom stereocenters. The molecular formula is C116H72N14O9+8. The lowest BCUT2D eigenvalue weighted by Gasteiger charge is -2.32. The van der Waals surface area contributed by atoms with Gasteiger partial charge in [-0.2, -0.15) is 0 Å². The Morgan fingerprint density at radius 1 is 0.209 bits per heavy atom. The van der Waals surface area contributed by atoms with Crippen LogP contribution in [-0.4, -0.2) is 28.9 Å². The SMILES string of the molecule is c1ccc(-c2cc3c4c(c2)-n2ccc[n+]2C42c4c(cccc4Oc4cccc[n+]42)O3)cc1.c1ccc(-c2ccc(-c3cc[n+]4n3-c3cccc5c3C43c4c(cccc4Oc4cccc[n+]43)O5)cc2)cc1.c1ccc(-c2ccc3c4c2Oc2cccc5c2C4([n+]2ccccc2O5)[n+]2cccn2-3)cc1.c1ccc(-c2nnc(-c3ccc4c5c3Oc3cccc6c3C5([n+]3ccccc3O6)[n+]3cccn3-4)o2)cc1. The highest BCUT2D eigenvalue weighted by molar-refractivity contribution is 5.83. The third-order valence-corrected chi connectivity index (χ3v) is 28.8. The van der Waals surface area contributed by atoms with Gasteiger partial charge >= 0.3 is 46.2 Å². The largest absolute Gasteiger partial charge is 0.455 e. The Morgan fingerprint density at radius 3 is 1.06 bits per heavy atom. The van der Waals surface area contributed by atoms with Gasteiger partial charge in [0.1, 0.15) is 62.9 Å².